The molecule has 1 fully saturated rings. The number of thiol groups is 1. The van der Waals surface area contributed by atoms with Crippen molar-refractivity contribution in [1.29, 1.82) is 0 Å². The molecule has 0 radical (unpaired) electrons. The van der Waals surface area contributed by atoms with E-state index in [2.05, 4.69) is 34.1 Å². The van der Waals surface area contributed by atoms with Gasteiger partial charge in [-0.25, -0.2) is 4.99 Å². The Morgan fingerprint density at radius 1 is 1.45 bits per heavy atom. The monoisotopic (exact) mass is 207 g/mol. The number of thioether (sulfide) groups is 1. The van der Waals surface area contributed by atoms with Crippen LogP contribution in [0.5, 0.6) is 0 Å². The Labute approximate surface area is 80.4 Å². The summed E-state index contributed by atoms with van der Waals surface area (Å²) >= 11 is 6.59. The second-order valence-electron chi connectivity index (χ2n) is 2.43. The fourth-order valence-electron chi connectivity index (χ4n) is 1.06. The smallest absolute Gasteiger partial charge is 0.0585 e. The molecule has 0 N–H and O–H groups in total. The second-order valence-corrected chi connectivity index (χ2v) is 6.52. The van der Waals surface area contributed by atoms with Gasteiger partial charge < -0.3 is 0 Å². The lowest BCUT2D eigenvalue weighted by Crippen LogP contribution is -2.10. The van der Waals surface area contributed by atoms with E-state index in [9.17, 15) is 0 Å². The molecule has 1 heterocycles. The van der Waals surface area contributed by atoms with Crippen LogP contribution in [0.25, 0.3) is 0 Å². The third-order valence-corrected chi connectivity index (χ3v) is 5.96. The number of isothiocyanates is 1. The minimum atomic E-state index is 0.316. The molecule has 1 aliphatic rings. The van der Waals surface area contributed by atoms with Gasteiger partial charge in [-0.15, -0.1) is 0 Å². The third-order valence-electron chi connectivity index (χ3n) is 1.70. The molecule has 0 spiro atoms. The van der Waals surface area contributed by atoms with E-state index in [0.29, 0.717) is 10.9 Å². The summed E-state index contributed by atoms with van der Waals surface area (Å²) < 4.78 is 0. The standard InChI is InChI=1S/C7H13NS3/c9-7-8-1-4-11-5-2-10-3-6-11/h11H,1-6H2. The van der Waals surface area contributed by atoms with Gasteiger partial charge >= 0.3 is 0 Å². The van der Waals surface area contributed by atoms with Crippen molar-refractivity contribution in [3.05, 3.63) is 0 Å². The van der Waals surface area contributed by atoms with Gasteiger partial charge in [0.2, 0.25) is 0 Å². The molecule has 0 aromatic heterocycles. The van der Waals surface area contributed by atoms with E-state index in [4.69, 9.17) is 0 Å². The third kappa shape index (κ3) is 4.16. The first kappa shape index (κ1) is 9.59. The van der Waals surface area contributed by atoms with Gasteiger partial charge in [-0.1, -0.05) is 0 Å². The van der Waals surface area contributed by atoms with Crippen LogP contribution in [0.3, 0.4) is 0 Å². The second kappa shape index (κ2) is 6.06. The molecular weight excluding hydrogens is 194 g/mol. The Morgan fingerprint density at radius 3 is 2.82 bits per heavy atom. The lowest BCUT2D eigenvalue weighted by molar-refractivity contribution is 1.15. The molecule has 0 aromatic rings. The summed E-state index contributed by atoms with van der Waals surface area (Å²) in [7, 11) is 0.316. The van der Waals surface area contributed by atoms with Gasteiger partial charge in [-0.3, -0.25) is 10.9 Å². The number of hydrogen-bond acceptors (Lipinski definition) is 3. The van der Waals surface area contributed by atoms with Crippen LogP contribution in [0.4, 0.5) is 0 Å². The zero-order chi connectivity index (χ0) is 7.94. The number of hydrogen-bond donors (Lipinski definition) is 1. The van der Waals surface area contributed by atoms with E-state index in [-0.39, 0.29) is 0 Å². The average molecular weight is 207 g/mol. The van der Waals surface area contributed by atoms with Gasteiger partial charge in [0, 0.05) is 11.5 Å². The molecule has 1 aliphatic heterocycles. The van der Waals surface area contributed by atoms with E-state index in [0.717, 1.165) is 6.54 Å². The minimum absolute atomic E-state index is 0.316. The van der Waals surface area contributed by atoms with Crippen LogP contribution < -0.4 is 0 Å². The lowest BCUT2D eigenvalue weighted by Gasteiger charge is -2.24. The van der Waals surface area contributed by atoms with E-state index >= 15 is 0 Å². The molecule has 0 aliphatic carbocycles. The van der Waals surface area contributed by atoms with Crippen molar-refractivity contribution in [3.63, 3.8) is 0 Å². The number of nitrogens with zero attached hydrogens (tertiary/aromatic N) is 1. The van der Waals surface area contributed by atoms with Gasteiger partial charge in [0.25, 0.3) is 0 Å². The molecule has 1 nitrogen and oxygen atoms in total. The molecule has 0 atom stereocenters. The van der Waals surface area contributed by atoms with Crippen molar-refractivity contribution in [2.75, 3.05) is 35.3 Å². The summed E-state index contributed by atoms with van der Waals surface area (Å²) in [5, 5.41) is 2.42. The predicted octanol–water partition coefficient (Wildman–Crippen LogP) is 1.84. The Bertz CT molecular complexity index is 148. The molecule has 1 saturated heterocycles. The van der Waals surface area contributed by atoms with Crippen LogP contribution in [0.2, 0.25) is 0 Å². The number of thiocarbonyl (C=S) groups is 1. The largest absolute Gasteiger partial charge is 0.250 e. The van der Waals surface area contributed by atoms with Crippen LogP contribution in [-0.2, 0) is 0 Å². The molecule has 0 bridgehead atoms. The number of rotatable bonds is 3. The van der Waals surface area contributed by atoms with Gasteiger partial charge in [0.1, 0.15) is 0 Å². The molecular formula is C7H13NS3. The Hall–Kier alpha value is 0.500. The van der Waals surface area contributed by atoms with E-state index in [1.165, 1.54) is 28.8 Å². The van der Waals surface area contributed by atoms with Crippen molar-refractivity contribution in [2.24, 2.45) is 4.99 Å². The normalized spacial score (nSPS) is 20.9. The molecule has 4 heteroatoms. The van der Waals surface area contributed by atoms with Crippen molar-refractivity contribution in [1.82, 2.24) is 0 Å². The average Bonchev–Trinajstić information content (AvgIpc) is 2.07. The molecule has 0 unspecified atom stereocenters. The lowest BCUT2D eigenvalue weighted by atomic mass is 10.8. The SMILES string of the molecule is S=C=NCC[SH]1CCSCC1. The van der Waals surface area contributed by atoms with Crippen LogP contribution in [-0.4, -0.2) is 40.5 Å². The quantitative estimate of drug-likeness (QED) is 0.431. The summed E-state index contributed by atoms with van der Waals surface area (Å²) in [6.45, 7) is 0.917. The number of aliphatic imine (C=N–C) groups is 1. The summed E-state index contributed by atoms with van der Waals surface area (Å²) in [6, 6.07) is 0. The van der Waals surface area contributed by atoms with Crippen LogP contribution in [0, 0.1) is 0 Å². The molecule has 0 aromatic carbocycles. The van der Waals surface area contributed by atoms with Crippen molar-refractivity contribution in [3.8, 4) is 0 Å². The summed E-state index contributed by atoms with van der Waals surface area (Å²) in [5.41, 5.74) is 0. The summed E-state index contributed by atoms with van der Waals surface area (Å²) in [6.07, 6.45) is 0. The van der Waals surface area contributed by atoms with E-state index in [1.807, 2.05) is 0 Å². The maximum Gasteiger partial charge on any atom is 0.0585 e. The van der Waals surface area contributed by atoms with Crippen LogP contribution in [0.1, 0.15) is 0 Å². The van der Waals surface area contributed by atoms with Gasteiger partial charge in [-0.2, -0.15) is 11.8 Å². The highest BCUT2D eigenvalue weighted by Gasteiger charge is 2.08. The summed E-state index contributed by atoms with van der Waals surface area (Å²) in [5.74, 6) is 6.89. The van der Waals surface area contributed by atoms with Gasteiger partial charge in [-0.05, 0) is 29.5 Å². The fourth-order valence-corrected chi connectivity index (χ4v) is 5.51. The molecule has 11 heavy (non-hydrogen) atoms. The fraction of sp³-hybridized carbons (Fsp3) is 0.857. The van der Waals surface area contributed by atoms with E-state index < -0.39 is 0 Å². The zero-order valence-corrected chi connectivity index (χ0v) is 8.98. The highest BCUT2D eigenvalue weighted by Crippen LogP contribution is 2.31. The van der Waals surface area contributed by atoms with Crippen molar-refractivity contribution < 1.29 is 0 Å². The topological polar surface area (TPSA) is 12.4 Å². The Balaban J connectivity index is 2.09. The molecule has 0 saturated carbocycles. The van der Waals surface area contributed by atoms with Gasteiger partial charge in [0.15, 0.2) is 0 Å². The highest BCUT2D eigenvalue weighted by atomic mass is 32.2. The summed E-state index contributed by atoms with van der Waals surface area (Å²) in [4.78, 5) is 3.94. The minimum Gasteiger partial charge on any atom is -0.250 e. The Morgan fingerprint density at radius 2 is 2.18 bits per heavy atom. The maximum atomic E-state index is 4.51. The van der Waals surface area contributed by atoms with Crippen LogP contribution >= 0.6 is 34.9 Å². The maximum absolute atomic E-state index is 4.51. The van der Waals surface area contributed by atoms with Gasteiger partial charge in [0.05, 0.1) is 11.7 Å². The van der Waals surface area contributed by atoms with Crippen molar-refractivity contribution in [2.45, 2.75) is 0 Å². The highest BCUT2D eigenvalue weighted by molar-refractivity contribution is 8.19. The first-order chi connectivity index (χ1) is 5.43. The zero-order valence-electron chi connectivity index (χ0n) is 6.45. The first-order valence-electron chi connectivity index (χ1n) is 3.77. The Kier molecular flexibility index (Phi) is 5.29. The van der Waals surface area contributed by atoms with E-state index in [1.54, 1.807) is 0 Å². The first-order valence-corrected chi connectivity index (χ1v) is 7.23. The molecule has 0 amide bonds. The van der Waals surface area contributed by atoms with Crippen molar-refractivity contribution >= 4 is 40.0 Å². The predicted molar refractivity (Wildman–Crippen MR) is 60.8 cm³/mol. The molecule has 64 valence electrons. The molecule has 1 rings (SSSR count). The van der Waals surface area contributed by atoms with Crippen LogP contribution in [0.15, 0.2) is 4.99 Å².